The van der Waals surface area contributed by atoms with Gasteiger partial charge in [0.25, 0.3) is 0 Å². The van der Waals surface area contributed by atoms with E-state index in [1.54, 1.807) is 0 Å². The van der Waals surface area contributed by atoms with Gasteiger partial charge in [-0.25, -0.2) is 0 Å². The summed E-state index contributed by atoms with van der Waals surface area (Å²) in [6, 6.07) is 6.91. The molecule has 2 heterocycles. The Hall–Kier alpha value is -1.39. The van der Waals surface area contributed by atoms with Crippen LogP contribution < -0.4 is 0 Å². The first-order valence-electron chi connectivity index (χ1n) is 7.79. The number of carbonyl (C=O) groups excluding carboxylic acids is 1. The van der Waals surface area contributed by atoms with Gasteiger partial charge in [0, 0.05) is 32.3 Å². The van der Waals surface area contributed by atoms with Gasteiger partial charge in [0.15, 0.2) is 0 Å². The molecule has 0 N–H and O–H groups in total. The van der Waals surface area contributed by atoms with E-state index in [0.717, 1.165) is 39.3 Å². The largest absolute Gasteiger partial charge is 0.380 e. The molecule has 1 aromatic carbocycles. The molecule has 1 aromatic rings. The van der Waals surface area contributed by atoms with E-state index in [9.17, 15) is 4.79 Å². The van der Waals surface area contributed by atoms with Gasteiger partial charge in [-0.3, -0.25) is 9.69 Å². The summed E-state index contributed by atoms with van der Waals surface area (Å²) in [7, 11) is 0. The molecule has 1 atom stereocenters. The zero-order chi connectivity index (χ0) is 14.8. The van der Waals surface area contributed by atoms with Gasteiger partial charge in [0.05, 0.1) is 13.2 Å². The van der Waals surface area contributed by atoms with E-state index in [1.165, 1.54) is 16.7 Å². The fourth-order valence-corrected chi connectivity index (χ4v) is 3.14. The van der Waals surface area contributed by atoms with E-state index >= 15 is 0 Å². The number of rotatable bonds is 3. The second-order valence-electron chi connectivity index (χ2n) is 6.22. The Labute approximate surface area is 126 Å². The van der Waals surface area contributed by atoms with Gasteiger partial charge in [-0.2, -0.15) is 0 Å². The Kier molecular flexibility index (Phi) is 4.27. The van der Waals surface area contributed by atoms with Crippen molar-refractivity contribution in [1.29, 1.82) is 0 Å². The minimum atomic E-state index is 0.242. The lowest BCUT2D eigenvalue weighted by Gasteiger charge is -2.37. The molecule has 4 heteroatoms. The number of ether oxygens (including phenoxy) is 1. The highest BCUT2D eigenvalue weighted by molar-refractivity contribution is 5.79. The maximum absolute atomic E-state index is 12.4. The number of carbonyl (C=O) groups is 1. The summed E-state index contributed by atoms with van der Waals surface area (Å²) in [6.07, 6.45) is 1.06. The Balaban J connectivity index is 1.60. The quantitative estimate of drug-likeness (QED) is 0.849. The molecule has 0 saturated carbocycles. The fourth-order valence-electron chi connectivity index (χ4n) is 3.14. The molecule has 0 aliphatic carbocycles. The van der Waals surface area contributed by atoms with E-state index in [0.29, 0.717) is 12.6 Å². The Bertz CT molecular complexity index is 524. The molecule has 1 amide bonds. The van der Waals surface area contributed by atoms with Crippen LogP contribution in [0.2, 0.25) is 0 Å². The molecule has 2 aliphatic rings. The van der Waals surface area contributed by atoms with Crippen molar-refractivity contribution in [3.05, 3.63) is 34.9 Å². The molecule has 2 fully saturated rings. The van der Waals surface area contributed by atoms with Crippen LogP contribution in [0.15, 0.2) is 18.2 Å². The van der Waals surface area contributed by atoms with Crippen LogP contribution in [0, 0.1) is 13.8 Å². The van der Waals surface area contributed by atoms with Crippen LogP contribution in [-0.4, -0.2) is 54.6 Å². The monoisotopic (exact) mass is 288 g/mol. The summed E-state index contributed by atoms with van der Waals surface area (Å²) in [4.78, 5) is 16.6. The van der Waals surface area contributed by atoms with E-state index < -0.39 is 0 Å². The molecular weight excluding hydrogens is 264 g/mol. The first kappa shape index (κ1) is 14.5. The zero-order valence-corrected chi connectivity index (χ0v) is 13.0. The summed E-state index contributed by atoms with van der Waals surface area (Å²) in [5, 5.41) is 0. The summed E-state index contributed by atoms with van der Waals surface area (Å²) in [5.74, 6) is 0.242. The second-order valence-corrected chi connectivity index (χ2v) is 6.22. The molecule has 2 aliphatic heterocycles. The molecule has 21 heavy (non-hydrogen) atoms. The van der Waals surface area contributed by atoms with Crippen molar-refractivity contribution in [2.75, 3.05) is 32.8 Å². The molecule has 0 radical (unpaired) electrons. The molecule has 114 valence electrons. The topological polar surface area (TPSA) is 32.8 Å². The predicted molar refractivity (Wildman–Crippen MR) is 82.1 cm³/mol. The molecule has 4 nitrogen and oxygen atoms in total. The number of amides is 1. The van der Waals surface area contributed by atoms with Crippen molar-refractivity contribution in [2.45, 2.75) is 32.9 Å². The highest BCUT2D eigenvalue weighted by Gasteiger charge is 2.30. The maximum atomic E-state index is 12.4. The summed E-state index contributed by atoms with van der Waals surface area (Å²) in [6.45, 7) is 8.91. The van der Waals surface area contributed by atoms with Crippen molar-refractivity contribution in [2.24, 2.45) is 0 Å². The van der Waals surface area contributed by atoms with E-state index in [4.69, 9.17) is 4.74 Å². The number of hydrogen-bond acceptors (Lipinski definition) is 3. The summed E-state index contributed by atoms with van der Waals surface area (Å²) < 4.78 is 5.43. The van der Waals surface area contributed by atoms with Crippen LogP contribution in [0.25, 0.3) is 0 Å². The Morgan fingerprint density at radius 2 is 2.10 bits per heavy atom. The Morgan fingerprint density at radius 3 is 2.76 bits per heavy atom. The lowest BCUT2D eigenvalue weighted by Crippen LogP contribution is -2.53. The molecule has 0 aromatic heterocycles. The van der Waals surface area contributed by atoms with Crippen molar-refractivity contribution in [1.82, 2.24) is 9.80 Å². The van der Waals surface area contributed by atoms with Gasteiger partial charge < -0.3 is 9.64 Å². The third kappa shape index (κ3) is 3.27. The predicted octanol–water partition coefficient (Wildman–Crippen LogP) is 1.74. The van der Waals surface area contributed by atoms with Crippen LogP contribution >= 0.6 is 0 Å². The average Bonchev–Trinajstić information content (AvgIpc) is 2.99. The van der Waals surface area contributed by atoms with Crippen LogP contribution in [0.5, 0.6) is 0 Å². The van der Waals surface area contributed by atoms with Crippen LogP contribution in [-0.2, 0) is 16.1 Å². The number of benzene rings is 1. The summed E-state index contributed by atoms with van der Waals surface area (Å²) >= 11 is 0. The van der Waals surface area contributed by atoms with Gasteiger partial charge >= 0.3 is 0 Å². The molecule has 3 rings (SSSR count). The van der Waals surface area contributed by atoms with E-state index in [2.05, 4.69) is 36.9 Å². The highest BCUT2D eigenvalue weighted by Crippen LogP contribution is 2.18. The molecule has 0 spiro atoms. The first-order valence-corrected chi connectivity index (χ1v) is 7.79. The molecule has 2 saturated heterocycles. The smallest absolute Gasteiger partial charge is 0.237 e. The minimum absolute atomic E-state index is 0.242. The minimum Gasteiger partial charge on any atom is -0.380 e. The van der Waals surface area contributed by atoms with Gasteiger partial charge in [-0.05, 0) is 37.0 Å². The summed E-state index contributed by atoms with van der Waals surface area (Å²) in [5.41, 5.74) is 3.82. The van der Waals surface area contributed by atoms with Crippen molar-refractivity contribution >= 4 is 5.91 Å². The fraction of sp³-hybridized carbons (Fsp3) is 0.588. The number of aryl methyl sites for hydroxylation is 2. The molecule has 0 bridgehead atoms. The third-order valence-corrected chi connectivity index (χ3v) is 4.71. The lowest BCUT2D eigenvalue weighted by molar-refractivity contribution is -0.137. The van der Waals surface area contributed by atoms with Crippen LogP contribution in [0.3, 0.4) is 0 Å². The maximum Gasteiger partial charge on any atom is 0.237 e. The third-order valence-electron chi connectivity index (χ3n) is 4.71. The van der Waals surface area contributed by atoms with Crippen molar-refractivity contribution < 1.29 is 9.53 Å². The van der Waals surface area contributed by atoms with Crippen LogP contribution in [0.1, 0.15) is 23.1 Å². The Morgan fingerprint density at radius 1 is 1.24 bits per heavy atom. The van der Waals surface area contributed by atoms with Crippen molar-refractivity contribution in [3.63, 3.8) is 0 Å². The second kappa shape index (κ2) is 6.16. The number of piperazine rings is 1. The van der Waals surface area contributed by atoms with Gasteiger partial charge in [0.1, 0.15) is 0 Å². The standard InChI is InChI=1S/C17H24N2O2/c1-13-3-4-15(9-14(13)2)10-19-7-6-18(11-17(19)20)16-5-8-21-12-16/h3-4,9,16H,5-8,10-12H2,1-2H3/t16-/m0/s1. The molecular formula is C17H24N2O2. The zero-order valence-electron chi connectivity index (χ0n) is 13.0. The molecule has 0 unspecified atom stereocenters. The van der Waals surface area contributed by atoms with E-state index in [-0.39, 0.29) is 5.91 Å². The van der Waals surface area contributed by atoms with Gasteiger partial charge in [-0.1, -0.05) is 18.2 Å². The number of hydrogen-bond donors (Lipinski definition) is 0. The highest BCUT2D eigenvalue weighted by atomic mass is 16.5. The number of nitrogens with zero attached hydrogens (tertiary/aromatic N) is 2. The lowest BCUT2D eigenvalue weighted by atomic mass is 10.1. The normalized spacial score (nSPS) is 23.8. The van der Waals surface area contributed by atoms with Crippen molar-refractivity contribution in [3.8, 4) is 0 Å². The SMILES string of the molecule is Cc1ccc(CN2CCN([C@H]3CCOC3)CC2=O)cc1C. The van der Waals surface area contributed by atoms with Gasteiger partial charge in [-0.15, -0.1) is 0 Å². The van der Waals surface area contributed by atoms with Crippen LogP contribution in [0.4, 0.5) is 0 Å². The first-order chi connectivity index (χ1) is 10.1. The average molecular weight is 288 g/mol. The van der Waals surface area contributed by atoms with E-state index in [1.807, 2.05) is 4.90 Å². The van der Waals surface area contributed by atoms with Gasteiger partial charge in [0.2, 0.25) is 5.91 Å².